The van der Waals surface area contributed by atoms with Crippen molar-refractivity contribution >= 4 is 28.9 Å². The summed E-state index contributed by atoms with van der Waals surface area (Å²) in [6, 6.07) is 8.60. The van der Waals surface area contributed by atoms with Gasteiger partial charge in [0, 0.05) is 38.1 Å². The van der Waals surface area contributed by atoms with Crippen LogP contribution in [-0.2, 0) is 17.8 Å². The number of nitrogens with one attached hydrogen (secondary N) is 1. The summed E-state index contributed by atoms with van der Waals surface area (Å²) in [4.78, 5) is 19.8. The summed E-state index contributed by atoms with van der Waals surface area (Å²) in [7, 11) is 0. The molecule has 0 spiro atoms. The quantitative estimate of drug-likeness (QED) is 0.918. The zero-order chi connectivity index (χ0) is 17.4. The fourth-order valence-electron chi connectivity index (χ4n) is 3.48. The third-order valence-corrected chi connectivity index (χ3v) is 5.20. The van der Waals surface area contributed by atoms with Crippen molar-refractivity contribution in [3.8, 4) is 0 Å². The van der Waals surface area contributed by atoms with Crippen LogP contribution in [0.1, 0.15) is 18.1 Å². The Bertz CT molecular complexity index is 804. The van der Waals surface area contributed by atoms with Gasteiger partial charge in [0.05, 0.1) is 29.8 Å². The molecule has 2 aromatic rings. The molecule has 1 fully saturated rings. The van der Waals surface area contributed by atoms with E-state index >= 15 is 0 Å². The van der Waals surface area contributed by atoms with E-state index in [9.17, 15) is 4.79 Å². The maximum absolute atomic E-state index is 11.3. The first kappa shape index (κ1) is 16.2. The molecule has 1 aromatic heterocycles. The summed E-state index contributed by atoms with van der Waals surface area (Å²) in [5.41, 5.74) is 4.79. The normalized spacial score (nSPS) is 17.0. The molecule has 0 aliphatic carbocycles. The molecule has 0 unspecified atom stereocenters. The van der Waals surface area contributed by atoms with Crippen LogP contribution < -0.4 is 10.2 Å². The lowest BCUT2D eigenvalue weighted by Crippen LogP contribution is -2.56. The van der Waals surface area contributed by atoms with Crippen LogP contribution in [0, 0.1) is 0 Å². The Hall–Kier alpha value is -2.27. The second-order valence-corrected chi connectivity index (χ2v) is 7.22. The molecule has 1 N–H and O–H groups in total. The Labute approximate surface area is 152 Å². The third-order valence-electron chi connectivity index (χ3n) is 4.97. The summed E-state index contributed by atoms with van der Waals surface area (Å²) in [6.45, 7) is 4.97. The standard InChI is InChI=1S/C19H21ClN4O/c1-13(25)24-11-18(12-24)22-17-7-19(9-21-8-17)23-5-4-14-6-16(20)3-2-15(14)10-23/h2-3,6-9,18,22H,4-5,10-12H2,1H3. The van der Waals surface area contributed by atoms with Crippen LogP contribution >= 0.6 is 11.6 Å². The average Bonchev–Trinajstić information content (AvgIpc) is 2.57. The van der Waals surface area contributed by atoms with Crippen LogP contribution in [0.25, 0.3) is 0 Å². The van der Waals surface area contributed by atoms with Crippen LogP contribution in [0.5, 0.6) is 0 Å². The van der Waals surface area contributed by atoms with E-state index < -0.39 is 0 Å². The fraction of sp³-hybridized carbons (Fsp3) is 0.368. The van der Waals surface area contributed by atoms with E-state index in [-0.39, 0.29) is 5.91 Å². The van der Waals surface area contributed by atoms with Gasteiger partial charge < -0.3 is 15.1 Å². The maximum Gasteiger partial charge on any atom is 0.219 e. The van der Waals surface area contributed by atoms with Crippen molar-refractivity contribution in [2.75, 3.05) is 29.9 Å². The van der Waals surface area contributed by atoms with Crippen LogP contribution in [0.2, 0.25) is 5.02 Å². The summed E-state index contributed by atoms with van der Waals surface area (Å²) >= 11 is 6.09. The second-order valence-electron chi connectivity index (χ2n) is 6.78. The number of pyridine rings is 1. The first-order valence-electron chi connectivity index (χ1n) is 8.58. The van der Waals surface area contributed by atoms with Gasteiger partial charge in [-0.1, -0.05) is 17.7 Å². The number of amides is 1. The summed E-state index contributed by atoms with van der Waals surface area (Å²) in [6.07, 6.45) is 4.75. The molecule has 3 heterocycles. The highest BCUT2D eigenvalue weighted by Gasteiger charge is 2.28. The second kappa shape index (κ2) is 6.56. The molecule has 0 radical (unpaired) electrons. The van der Waals surface area contributed by atoms with E-state index in [1.807, 2.05) is 23.4 Å². The van der Waals surface area contributed by atoms with Gasteiger partial charge >= 0.3 is 0 Å². The van der Waals surface area contributed by atoms with E-state index in [2.05, 4.69) is 33.4 Å². The van der Waals surface area contributed by atoms with Gasteiger partial charge in [0.1, 0.15) is 0 Å². The molecule has 0 atom stereocenters. The lowest BCUT2D eigenvalue weighted by Gasteiger charge is -2.39. The largest absolute Gasteiger partial charge is 0.377 e. The zero-order valence-electron chi connectivity index (χ0n) is 14.2. The number of likely N-dealkylation sites (tertiary alicyclic amines) is 1. The third kappa shape index (κ3) is 3.42. The Morgan fingerprint density at radius 2 is 2.08 bits per heavy atom. The molecule has 1 aromatic carbocycles. The van der Waals surface area contributed by atoms with Gasteiger partial charge in [0.25, 0.3) is 0 Å². The van der Waals surface area contributed by atoms with Crippen molar-refractivity contribution in [2.45, 2.75) is 25.9 Å². The molecule has 0 saturated carbocycles. The van der Waals surface area contributed by atoms with Gasteiger partial charge in [0.2, 0.25) is 5.91 Å². The van der Waals surface area contributed by atoms with E-state index in [0.717, 1.165) is 49.0 Å². The lowest BCUT2D eigenvalue weighted by atomic mass is 9.99. The molecule has 5 nitrogen and oxygen atoms in total. The van der Waals surface area contributed by atoms with Crippen molar-refractivity contribution in [2.24, 2.45) is 0 Å². The van der Waals surface area contributed by atoms with Gasteiger partial charge in [-0.25, -0.2) is 0 Å². The summed E-state index contributed by atoms with van der Waals surface area (Å²) in [5, 5.41) is 4.27. The molecule has 25 heavy (non-hydrogen) atoms. The minimum Gasteiger partial charge on any atom is -0.377 e. The number of benzene rings is 1. The van der Waals surface area contributed by atoms with Crippen molar-refractivity contribution in [3.05, 3.63) is 52.8 Å². The number of hydrogen-bond acceptors (Lipinski definition) is 4. The van der Waals surface area contributed by atoms with Crippen molar-refractivity contribution in [3.63, 3.8) is 0 Å². The predicted molar refractivity (Wildman–Crippen MR) is 100 cm³/mol. The van der Waals surface area contributed by atoms with E-state index in [4.69, 9.17) is 11.6 Å². The molecular weight excluding hydrogens is 336 g/mol. The summed E-state index contributed by atoms with van der Waals surface area (Å²) in [5.74, 6) is 0.136. The van der Waals surface area contributed by atoms with Gasteiger partial charge in [-0.15, -0.1) is 0 Å². The van der Waals surface area contributed by atoms with Gasteiger partial charge in [-0.05, 0) is 35.7 Å². The molecule has 2 aliphatic rings. The highest BCUT2D eigenvalue weighted by atomic mass is 35.5. The Balaban J connectivity index is 1.43. The number of hydrogen-bond donors (Lipinski definition) is 1. The number of rotatable bonds is 3. The molecule has 2 aliphatic heterocycles. The predicted octanol–water partition coefficient (Wildman–Crippen LogP) is 2.94. The number of halogens is 1. The van der Waals surface area contributed by atoms with Gasteiger partial charge in [-0.3, -0.25) is 9.78 Å². The fourth-order valence-corrected chi connectivity index (χ4v) is 3.68. The molecular formula is C19H21ClN4O. The Kier molecular flexibility index (Phi) is 4.25. The first-order chi connectivity index (χ1) is 12.1. The number of fused-ring (bicyclic) bond motifs is 1. The van der Waals surface area contributed by atoms with E-state index in [1.165, 1.54) is 11.1 Å². The molecule has 130 valence electrons. The molecule has 6 heteroatoms. The minimum absolute atomic E-state index is 0.136. The van der Waals surface area contributed by atoms with Crippen molar-refractivity contribution in [1.82, 2.24) is 9.88 Å². The number of aromatic nitrogens is 1. The Morgan fingerprint density at radius 3 is 2.88 bits per heavy atom. The van der Waals surface area contributed by atoms with Crippen molar-refractivity contribution < 1.29 is 4.79 Å². The number of nitrogens with zero attached hydrogens (tertiary/aromatic N) is 3. The van der Waals surface area contributed by atoms with E-state index in [1.54, 1.807) is 6.92 Å². The monoisotopic (exact) mass is 356 g/mol. The minimum atomic E-state index is 0.136. The van der Waals surface area contributed by atoms with Crippen LogP contribution in [-0.4, -0.2) is 41.5 Å². The van der Waals surface area contributed by atoms with Crippen LogP contribution in [0.3, 0.4) is 0 Å². The Morgan fingerprint density at radius 1 is 1.24 bits per heavy atom. The first-order valence-corrected chi connectivity index (χ1v) is 8.95. The smallest absolute Gasteiger partial charge is 0.219 e. The van der Waals surface area contributed by atoms with Crippen LogP contribution in [0.4, 0.5) is 11.4 Å². The van der Waals surface area contributed by atoms with Crippen molar-refractivity contribution in [1.29, 1.82) is 0 Å². The SMILES string of the molecule is CC(=O)N1CC(Nc2cncc(N3CCc4cc(Cl)ccc4C3)c2)C1. The maximum atomic E-state index is 11.3. The number of carbonyl (C=O) groups excluding carboxylic acids is 1. The highest BCUT2D eigenvalue weighted by Crippen LogP contribution is 2.28. The zero-order valence-corrected chi connectivity index (χ0v) is 15.0. The van der Waals surface area contributed by atoms with Crippen LogP contribution in [0.15, 0.2) is 36.7 Å². The number of carbonyl (C=O) groups is 1. The molecule has 0 bridgehead atoms. The molecule has 4 rings (SSSR count). The van der Waals surface area contributed by atoms with Gasteiger partial charge in [-0.2, -0.15) is 0 Å². The topological polar surface area (TPSA) is 48.5 Å². The highest BCUT2D eigenvalue weighted by molar-refractivity contribution is 6.30. The van der Waals surface area contributed by atoms with E-state index in [0.29, 0.717) is 6.04 Å². The molecule has 1 amide bonds. The van der Waals surface area contributed by atoms with Gasteiger partial charge in [0.15, 0.2) is 0 Å². The summed E-state index contributed by atoms with van der Waals surface area (Å²) < 4.78 is 0. The lowest BCUT2D eigenvalue weighted by molar-refractivity contribution is -0.132. The number of anilines is 2. The molecule has 1 saturated heterocycles. The average molecular weight is 357 g/mol.